The minimum Gasteiger partial charge on any atom is -0.393 e. The molecule has 4 nitrogen and oxygen atoms in total. The van der Waals surface area contributed by atoms with Crippen LogP contribution in [0.15, 0.2) is 18.5 Å². The lowest BCUT2D eigenvalue weighted by Crippen LogP contribution is -2.33. The zero-order valence-corrected chi connectivity index (χ0v) is 11.1. The van der Waals surface area contributed by atoms with Gasteiger partial charge in [-0.1, -0.05) is 23.8 Å². The molecule has 6 heteroatoms. The molecule has 0 saturated heterocycles. The fourth-order valence-electron chi connectivity index (χ4n) is 1.37. The van der Waals surface area contributed by atoms with E-state index in [2.05, 4.69) is 4.98 Å². The van der Waals surface area contributed by atoms with Crippen LogP contribution in [0.4, 0.5) is 0 Å². The van der Waals surface area contributed by atoms with Gasteiger partial charge in [-0.15, -0.1) is 0 Å². The fraction of sp³-hybridized carbons (Fsp3) is 0.364. The lowest BCUT2D eigenvalue weighted by molar-refractivity contribution is 0.0769. The summed E-state index contributed by atoms with van der Waals surface area (Å²) in [5.74, 6) is -0.129. The Hall–Kier alpha value is -1.20. The molecule has 1 heterocycles. The number of thiocarbonyl (C=S) groups is 1. The molecule has 0 bridgehead atoms. The van der Waals surface area contributed by atoms with Crippen LogP contribution in [0.5, 0.6) is 0 Å². The van der Waals surface area contributed by atoms with Crippen molar-refractivity contribution in [1.29, 1.82) is 0 Å². The van der Waals surface area contributed by atoms with E-state index >= 15 is 0 Å². The van der Waals surface area contributed by atoms with Crippen LogP contribution in [-0.2, 0) is 0 Å². The number of hydrogen-bond acceptors (Lipinski definition) is 3. The molecule has 1 rings (SSSR count). The third kappa shape index (κ3) is 3.94. The molecule has 0 aliphatic carbocycles. The molecule has 0 radical (unpaired) electrons. The van der Waals surface area contributed by atoms with Crippen molar-refractivity contribution in [3.05, 3.63) is 29.0 Å². The number of carbonyl (C=O) groups excluding carboxylic acids is 1. The van der Waals surface area contributed by atoms with Crippen molar-refractivity contribution in [1.82, 2.24) is 9.88 Å². The van der Waals surface area contributed by atoms with Gasteiger partial charge in [0.15, 0.2) is 0 Å². The molecule has 1 aromatic rings. The fourth-order valence-corrected chi connectivity index (χ4v) is 1.66. The first-order valence-electron chi connectivity index (χ1n) is 5.23. The van der Waals surface area contributed by atoms with Gasteiger partial charge >= 0.3 is 0 Å². The number of nitrogens with two attached hydrogens (primary N) is 1. The Morgan fingerprint density at radius 1 is 1.65 bits per heavy atom. The molecule has 0 unspecified atom stereocenters. The van der Waals surface area contributed by atoms with Crippen molar-refractivity contribution in [3.8, 4) is 0 Å². The van der Waals surface area contributed by atoms with Crippen molar-refractivity contribution in [2.24, 2.45) is 5.73 Å². The summed E-state index contributed by atoms with van der Waals surface area (Å²) in [4.78, 5) is 18.0. The van der Waals surface area contributed by atoms with Crippen LogP contribution in [-0.4, -0.2) is 33.9 Å². The first-order chi connectivity index (χ1) is 8.06. The molecule has 0 spiro atoms. The summed E-state index contributed by atoms with van der Waals surface area (Å²) in [5, 5.41) is 0.353. The van der Waals surface area contributed by atoms with Gasteiger partial charge in [-0.2, -0.15) is 0 Å². The largest absolute Gasteiger partial charge is 0.393 e. The van der Waals surface area contributed by atoms with Crippen LogP contribution in [0.25, 0.3) is 0 Å². The molecular formula is C11H14ClN3OS. The van der Waals surface area contributed by atoms with E-state index in [9.17, 15) is 4.79 Å². The highest BCUT2D eigenvalue weighted by Gasteiger charge is 2.16. The zero-order valence-electron chi connectivity index (χ0n) is 9.52. The Bertz CT molecular complexity index is 425. The van der Waals surface area contributed by atoms with Crippen LogP contribution in [0.3, 0.4) is 0 Å². The maximum Gasteiger partial charge on any atom is 0.255 e. The van der Waals surface area contributed by atoms with Gasteiger partial charge in [0.05, 0.1) is 15.6 Å². The van der Waals surface area contributed by atoms with E-state index in [0.717, 1.165) is 0 Å². The molecule has 0 fully saturated rings. The summed E-state index contributed by atoms with van der Waals surface area (Å²) in [6, 6.07) is 1.61. The molecule has 92 valence electrons. The zero-order chi connectivity index (χ0) is 12.8. The Balaban J connectivity index is 2.79. The Labute approximate surface area is 111 Å². The topological polar surface area (TPSA) is 59.2 Å². The Kier molecular flexibility index (Phi) is 5.31. The van der Waals surface area contributed by atoms with Crippen molar-refractivity contribution >= 4 is 34.7 Å². The van der Waals surface area contributed by atoms with Gasteiger partial charge in [-0.05, 0) is 13.0 Å². The van der Waals surface area contributed by atoms with Crippen LogP contribution in [0.2, 0.25) is 5.02 Å². The number of carbonyl (C=O) groups is 1. The predicted molar refractivity (Wildman–Crippen MR) is 72.2 cm³/mol. The smallest absolute Gasteiger partial charge is 0.255 e. The Morgan fingerprint density at radius 2 is 2.35 bits per heavy atom. The second kappa shape index (κ2) is 6.51. The van der Waals surface area contributed by atoms with E-state index in [1.807, 2.05) is 6.92 Å². The second-order valence-electron chi connectivity index (χ2n) is 3.46. The quantitative estimate of drug-likeness (QED) is 0.831. The molecular weight excluding hydrogens is 258 g/mol. The summed E-state index contributed by atoms with van der Waals surface area (Å²) in [7, 11) is 0. The van der Waals surface area contributed by atoms with Crippen molar-refractivity contribution in [2.45, 2.75) is 13.3 Å². The summed E-state index contributed by atoms with van der Waals surface area (Å²) >= 11 is 10.7. The van der Waals surface area contributed by atoms with Gasteiger partial charge in [-0.25, -0.2) is 0 Å². The van der Waals surface area contributed by atoms with Gasteiger partial charge < -0.3 is 10.6 Å². The highest BCUT2D eigenvalue weighted by atomic mass is 35.5. The lowest BCUT2D eigenvalue weighted by atomic mass is 10.2. The van der Waals surface area contributed by atoms with Crippen molar-refractivity contribution in [2.75, 3.05) is 13.1 Å². The van der Waals surface area contributed by atoms with E-state index in [4.69, 9.17) is 29.6 Å². The number of hydrogen-bond donors (Lipinski definition) is 1. The number of amides is 1. The maximum absolute atomic E-state index is 12.1. The first-order valence-corrected chi connectivity index (χ1v) is 6.02. The van der Waals surface area contributed by atoms with Gasteiger partial charge in [0.2, 0.25) is 0 Å². The van der Waals surface area contributed by atoms with E-state index in [1.165, 1.54) is 6.20 Å². The minimum absolute atomic E-state index is 0.129. The lowest BCUT2D eigenvalue weighted by Gasteiger charge is -2.21. The van der Waals surface area contributed by atoms with Gasteiger partial charge in [0, 0.05) is 31.9 Å². The van der Waals surface area contributed by atoms with Gasteiger partial charge in [0.1, 0.15) is 0 Å². The van der Waals surface area contributed by atoms with E-state index < -0.39 is 0 Å². The van der Waals surface area contributed by atoms with Crippen molar-refractivity contribution < 1.29 is 4.79 Å². The monoisotopic (exact) mass is 271 g/mol. The molecule has 1 amide bonds. The first kappa shape index (κ1) is 13.9. The van der Waals surface area contributed by atoms with Crippen LogP contribution < -0.4 is 5.73 Å². The summed E-state index contributed by atoms with van der Waals surface area (Å²) in [5.41, 5.74) is 5.87. The minimum atomic E-state index is -0.129. The van der Waals surface area contributed by atoms with Gasteiger partial charge in [0.25, 0.3) is 5.91 Å². The highest BCUT2D eigenvalue weighted by Crippen LogP contribution is 2.15. The molecule has 2 N–H and O–H groups in total. The molecule has 1 aromatic heterocycles. The van der Waals surface area contributed by atoms with E-state index in [-0.39, 0.29) is 5.91 Å². The number of rotatable bonds is 5. The highest BCUT2D eigenvalue weighted by molar-refractivity contribution is 7.80. The third-order valence-electron chi connectivity index (χ3n) is 2.30. The number of nitrogens with zero attached hydrogens (tertiary/aromatic N) is 2. The predicted octanol–water partition coefficient (Wildman–Crippen LogP) is 1.87. The molecule has 17 heavy (non-hydrogen) atoms. The molecule has 0 atom stereocenters. The summed E-state index contributed by atoms with van der Waals surface area (Å²) in [6.07, 6.45) is 3.51. The third-order valence-corrected chi connectivity index (χ3v) is 2.81. The standard InChI is InChI=1S/C11H14ClN3OS/c1-2-15(6-4-10(13)17)11(16)8-3-5-14-7-9(8)12/h3,5,7H,2,4,6H2,1H3,(H2,13,17). The second-order valence-corrected chi connectivity index (χ2v) is 4.39. The number of halogens is 1. The molecule has 0 saturated carbocycles. The van der Waals surface area contributed by atoms with Crippen LogP contribution in [0.1, 0.15) is 23.7 Å². The summed E-state index contributed by atoms with van der Waals surface area (Å²) < 4.78 is 0. The van der Waals surface area contributed by atoms with Crippen molar-refractivity contribution in [3.63, 3.8) is 0 Å². The average Bonchev–Trinajstić information content (AvgIpc) is 2.29. The van der Waals surface area contributed by atoms with Crippen LogP contribution in [0, 0.1) is 0 Å². The normalized spacial score (nSPS) is 10.0. The molecule has 0 aromatic carbocycles. The van der Waals surface area contributed by atoms with Gasteiger partial charge in [-0.3, -0.25) is 9.78 Å². The number of pyridine rings is 1. The molecule has 0 aliphatic heterocycles. The maximum atomic E-state index is 12.1. The molecule has 0 aliphatic rings. The summed E-state index contributed by atoms with van der Waals surface area (Å²) in [6.45, 7) is 2.98. The Morgan fingerprint density at radius 3 is 2.88 bits per heavy atom. The number of aromatic nitrogens is 1. The van der Waals surface area contributed by atoms with Crippen LogP contribution >= 0.6 is 23.8 Å². The van der Waals surface area contributed by atoms with E-state index in [0.29, 0.717) is 35.1 Å². The average molecular weight is 272 g/mol. The SMILES string of the molecule is CCN(CCC(N)=S)C(=O)c1ccncc1Cl. The van der Waals surface area contributed by atoms with E-state index in [1.54, 1.807) is 17.2 Å².